The molecule has 1 aliphatic carbocycles. The zero-order valence-electron chi connectivity index (χ0n) is 14.2. The summed E-state index contributed by atoms with van der Waals surface area (Å²) in [6.45, 7) is 6.34. The van der Waals surface area contributed by atoms with Crippen LogP contribution < -0.4 is 0 Å². The van der Waals surface area contributed by atoms with Crippen molar-refractivity contribution in [3.63, 3.8) is 0 Å². The lowest BCUT2D eigenvalue weighted by Gasteiger charge is -2.24. The maximum absolute atomic E-state index is 12.5. The highest BCUT2D eigenvalue weighted by Gasteiger charge is 2.45. The molecular weight excluding hydrogens is 294 g/mol. The van der Waals surface area contributed by atoms with Gasteiger partial charge in [0.15, 0.2) is 0 Å². The van der Waals surface area contributed by atoms with E-state index in [0.717, 1.165) is 6.42 Å². The minimum absolute atomic E-state index is 0.0305. The Labute approximate surface area is 136 Å². The highest BCUT2D eigenvalue weighted by Crippen LogP contribution is 2.48. The summed E-state index contributed by atoms with van der Waals surface area (Å²) in [4.78, 5) is 14.3. The van der Waals surface area contributed by atoms with E-state index in [1.807, 2.05) is 14.0 Å². The van der Waals surface area contributed by atoms with Gasteiger partial charge in [-0.05, 0) is 36.3 Å². The van der Waals surface area contributed by atoms with Gasteiger partial charge in [0, 0.05) is 41.8 Å². The Bertz CT molecular complexity index is 553. The molecule has 0 N–H and O–H groups in total. The van der Waals surface area contributed by atoms with Crippen molar-refractivity contribution in [3.05, 3.63) is 35.4 Å². The number of amides is 1. The Morgan fingerprint density at radius 1 is 1.27 bits per heavy atom. The Morgan fingerprint density at radius 3 is 2.36 bits per heavy atom. The van der Waals surface area contributed by atoms with Crippen LogP contribution in [0.5, 0.6) is 0 Å². The Hall–Kier alpha value is -1.16. The van der Waals surface area contributed by atoms with Gasteiger partial charge in [-0.25, -0.2) is 0 Å². The SMILES string of the molecule is CC(C)c1ccc(C2CC2C(=O)N(C)C(C)CS(C)=O)cc1. The van der Waals surface area contributed by atoms with E-state index in [-0.39, 0.29) is 17.9 Å². The summed E-state index contributed by atoms with van der Waals surface area (Å²) >= 11 is 0. The molecule has 0 bridgehead atoms. The van der Waals surface area contributed by atoms with Crippen LogP contribution in [0.2, 0.25) is 0 Å². The van der Waals surface area contributed by atoms with Gasteiger partial charge in [-0.15, -0.1) is 0 Å². The van der Waals surface area contributed by atoms with Crippen LogP contribution in [0.15, 0.2) is 24.3 Å². The average Bonchev–Trinajstić information content (AvgIpc) is 3.25. The molecule has 1 saturated carbocycles. The summed E-state index contributed by atoms with van der Waals surface area (Å²) in [6, 6.07) is 8.71. The van der Waals surface area contributed by atoms with E-state index >= 15 is 0 Å². The summed E-state index contributed by atoms with van der Waals surface area (Å²) in [5.41, 5.74) is 2.60. The third-order valence-electron chi connectivity index (χ3n) is 4.62. The number of carbonyl (C=O) groups excluding carboxylic acids is 1. The molecular formula is C18H27NO2S. The van der Waals surface area contributed by atoms with Gasteiger partial charge in [-0.2, -0.15) is 0 Å². The van der Waals surface area contributed by atoms with Crippen LogP contribution in [-0.2, 0) is 15.6 Å². The third kappa shape index (κ3) is 3.97. The van der Waals surface area contributed by atoms with Crippen LogP contribution in [0.3, 0.4) is 0 Å². The predicted octanol–water partition coefficient (Wildman–Crippen LogP) is 3.14. The van der Waals surface area contributed by atoms with Crippen molar-refractivity contribution in [2.24, 2.45) is 5.92 Å². The minimum atomic E-state index is -0.871. The van der Waals surface area contributed by atoms with E-state index in [9.17, 15) is 9.00 Å². The van der Waals surface area contributed by atoms with Crippen LogP contribution in [0, 0.1) is 5.92 Å². The van der Waals surface area contributed by atoms with E-state index in [1.165, 1.54) is 11.1 Å². The highest BCUT2D eigenvalue weighted by atomic mass is 32.2. The first-order chi connectivity index (χ1) is 10.3. The molecule has 1 amide bonds. The minimum Gasteiger partial charge on any atom is -0.342 e. The lowest BCUT2D eigenvalue weighted by Crippen LogP contribution is -2.39. The topological polar surface area (TPSA) is 37.4 Å². The molecule has 22 heavy (non-hydrogen) atoms. The molecule has 0 spiro atoms. The molecule has 1 aromatic rings. The van der Waals surface area contributed by atoms with Crippen molar-refractivity contribution in [3.8, 4) is 0 Å². The molecule has 122 valence electrons. The molecule has 1 aliphatic rings. The number of hydrogen-bond acceptors (Lipinski definition) is 2. The maximum Gasteiger partial charge on any atom is 0.226 e. The van der Waals surface area contributed by atoms with Gasteiger partial charge in [-0.1, -0.05) is 38.1 Å². The number of benzene rings is 1. The van der Waals surface area contributed by atoms with Gasteiger partial charge < -0.3 is 4.90 Å². The average molecular weight is 321 g/mol. The second-order valence-corrected chi connectivity index (χ2v) is 8.29. The van der Waals surface area contributed by atoms with Gasteiger partial charge >= 0.3 is 0 Å². The fraction of sp³-hybridized carbons (Fsp3) is 0.611. The van der Waals surface area contributed by atoms with Gasteiger partial charge in [0.25, 0.3) is 0 Å². The zero-order chi connectivity index (χ0) is 16.4. The molecule has 0 heterocycles. The number of rotatable bonds is 6. The monoisotopic (exact) mass is 321 g/mol. The third-order valence-corrected chi connectivity index (χ3v) is 5.58. The van der Waals surface area contributed by atoms with Gasteiger partial charge in [0.05, 0.1) is 0 Å². The number of nitrogens with zero attached hydrogens (tertiary/aromatic N) is 1. The molecule has 0 saturated heterocycles. The first kappa shape index (κ1) is 17.2. The standard InChI is InChI=1S/C18H27NO2S/c1-12(2)14-6-8-15(9-7-14)16-10-17(16)18(20)19(4)13(3)11-22(5)21/h6-9,12-13,16-17H,10-11H2,1-5H3. The highest BCUT2D eigenvalue weighted by molar-refractivity contribution is 7.84. The molecule has 0 aliphatic heterocycles. The molecule has 1 aromatic carbocycles. The maximum atomic E-state index is 12.5. The summed E-state index contributed by atoms with van der Waals surface area (Å²) in [7, 11) is 0.959. The van der Waals surface area contributed by atoms with Crippen molar-refractivity contribution in [2.75, 3.05) is 19.1 Å². The Morgan fingerprint density at radius 2 is 1.86 bits per heavy atom. The van der Waals surface area contributed by atoms with Crippen molar-refractivity contribution < 1.29 is 9.00 Å². The predicted molar refractivity (Wildman–Crippen MR) is 92.5 cm³/mol. The Balaban J connectivity index is 1.96. The summed E-state index contributed by atoms with van der Waals surface area (Å²) in [6.07, 6.45) is 2.62. The first-order valence-corrected chi connectivity index (χ1v) is 9.70. The zero-order valence-corrected chi connectivity index (χ0v) is 15.0. The van der Waals surface area contributed by atoms with Gasteiger partial charge in [0.1, 0.15) is 0 Å². The normalized spacial score (nSPS) is 23.2. The van der Waals surface area contributed by atoms with E-state index in [4.69, 9.17) is 0 Å². The largest absolute Gasteiger partial charge is 0.342 e. The smallest absolute Gasteiger partial charge is 0.226 e. The van der Waals surface area contributed by atoms with E-state index in [1.54, 1.807) is 11.2 Å². The number of hydrogen-bond donors (Lipinski definition) is 0. The van der Waals surface area contributed by atoms with Crippen molar-refractivity contribution in [2.45, 2.75) is 45.1 Å². The fourth-order valence-corrected chi connectivity index (χ4v) is 3.80. The molecule has 3 nitrogen and oxygen atoms in total. The molecule has 1 fully saturated rings. The number of carbonyl (C=O) groups is 1. The lowest BCUT2D eigenvalue weighted by atomic mass is 10.00. The van der Waals surface area contributed by atoms with Gasteiger partial charge in [0.2, 0.25) is 5.91 Å². The molecule has 2 rings (SSSR count). The van der Waals surface area contributed by atoms with Crippen molar-refractivity contribution >= 4 is 16.7 Å². The van der Waals surface area contributed by atoms with E-state index < -0.39 is 10.8 Å². The fourth-order valence-electron chi connectivity index (χ4n) is 2.89. The Kier molecular flexibility index (Phi) is 5.43. The first-order valence-electron chi connectivity index (χ1n) is 7.97. The summed E-state index contributed by atoms with van der Waals surface area (Å²) in [5, 5.41) is 0. The molecule has 0 radical (unpaired) electrons. The van der Waals surface area contributed by atoms with E-state index in [0.29, 0.717) is 17.6 Å². The van der Waals surface area contributed by atoms with Crippen LogP contribution in [0.25, 0.3) is 0 Å². The lowest BCUT2D eigenvalue weighted by molar-refractivity contribution is -0.132. The van der Waals surface area contributed by atoms with Crippen LogP contribution in [-0.4, -0.2) is 40.1 Å². The van der Waals surface area contributed by atoms with Crippen molar-refractivity contribution in [1.29, 1.82) is 0 Å². The molecule has 4 heteroatoms. The van der Waals surface area contributed by atoms with Crippen LogP contribution in [0.1, 0.15) is 50.2 Å². The van der Waals surface area contributed by atoms with Crippen LogP contribution in [0.4, 0.5) is 0 Å². The summed E-state index contributed by atoms with van der Waals surface area (Å²) in [5.74, 6) is 1.73. The quantitative estimate of drug-likeness (QED) is 0.807. The summed E-state index contributed by atoms with van der Waals surface area (Å²) < 4.78 is 11.3. The second-order valence-electron chi connectivity index (χ2n) is 6.81. The van der Waals surface area contributed by atoms with Crippen LogP contribution >= 0.6 is 0 Å². The van der Waals surface area contributed by atoms with Crippen molar-refractivity contribution in [1.82, 2.24) is 4.90 Å². The molecule has 4 atom stereocenters. The molecule has 0 aromatic heterocycles. The van der Waals surface area contributed by atoms with E-state index in [2.05, 4.69) is 38.1 Å². The molecule has 4 unspecified atom stereocenters. The second kappa shape index (κ2) is 6.95. The van der Waals surface area contributed by atoms with Gasteiger partial charge in [-0.3, -0.25) is 9.00 Å².